The fourth-order valence-electron chi connectivity index (χ4n) is 4.02. The van der Waals surface area contributed by atoms with Crippen LogP contribution in [0.2, 0.25) is 0 Å². The molecule has 3 fully saturated rings. The highest BCUT2D eigenvalue weighted by molar-refractivity contribution is 5.79. The van der Waals surface area contributed by atoms with Gasteiger partial charge < -0.3 is 16.0 Å². The highest BCUT2D eigenvalue weighted by Gasteiger charge is 2.34. The molecular weight excluding hydrogens is 278 g/mol. The molecule has 0 radical (unpaired) electrons. The Hall–Kier alpha value is -1.10. The van der Waals surface area contributed by atoms with Crippen molar-refractivity contribution in [1.82, 2.24) is 16.0 Å². The smallest absolute Gasteiger partial charge is 0.223 e. The standard InChI is InChI=1S/C17H29N3O2/c21-16(11-12-9-14-5-6-15(10-12)20-14)18-7-2-8-19-17(22)13-3-1-4-13/h12-15,20H,1-11H2,(H,18,21)(H,19,22). The Bertz CT molecular complexity index is 397. The van der Waals surface area contributed by atoms with Gasteiger partial charge in [0.2, 0.25) is 11.8 Å². The van der Waals surface area contributed by atoms with Crippen LogP contribution in [-0.4, -0.2) is 37.0 Å². The van der Waals surface area contributed by atoms with Gasteiger partial charge in [0.1, 0.15) is 0 Å². The number of fused-ring (bicyclic) bond motifs is 2. The maximum atomic E-state index is 12.0. The molecule has 5 heteroatoms. The average Bonchev–Trinajstić information content (AvgIpc) is 2.75. The summed E-state index contributed by atoms with van der Waals surface area (Å²) in [6.45, 7) is 1.34. The quantitative estimate of drug-likeness (QED) is 0.622. The summed E-state index contributed by atoms with van der Waals surface area (Å²) in [7, 11) is 0. The molecule has 3 N–H and O–H groups in total. The van der Waals surface area contributed by atoms with Gasteiger partial charge in [-0.3, -0.25) is 9.59 Å². The van der Waals surface area contributed by atoms with Crippen molar-refractivity contribution in [1.29, 1.82) is 0 Å². The second-order valence-electron chi connectivity index (χ2n) is 7.30. The predicted octanol–water partition coefficient (Wildman–Crippen LogP) is 1.33. The first-order chi connectivity index (χ1) is 10.7. The summed E-state index contributed by atoms with van der Waals surface area (Å²) in [4.78, 5) is 23.6. The molecule has 2 saturated heterocycles. The summed E-state index contributed by atoms with van der Waals surface area (Å²) in [5.74, 6) is 1.18. The lowest BCUT2D eigenvalue weighted by Gasteiger charge is -2.28. The maximum Gasteiger partial charge on any atom is 0.223 e. The maximum absolute atomic E-state index is 12.0. The number of carbonyl (C=O) groups excluding carboxylic acids is 2. The van der Waals surface area contributed by atoms with Gasteiger partial charge >= 0.3 is 0 Å². The van der Waals surface area contributed by atoms with Crippen LogP contribution in [0.5, 0.6) is 0 Å². The van der Waals surface area contributed by atoms with Crippen molar-refractivity contribution in [3.63, 3.8) is 0 Å². The van der Waals surface area contributed by atoms with E-state index in [1.807, 2.05) is 0 Å². The van der Waals surface area contributed by atoms with Crippen molar-refractivity contribution in [2.45, 2.75) is 69.9 Å². The van der Waals surface area contributed by atoms with Gasteiger partial charge in [0.05, 0.1) is 0 Å². The fourth-order valence-corrected chi connectivity index (χ4v) is 4.02. The van der Waals surface area contributed by atoms with E-state index >= 15 is 0 Å². The normalized spacial score (nSPS) is 30.6. The fraction of sp³-hybridized carbons (Fsp3) is 0.882. The van der Waals surface area contributed by atoms with Gasteiger partial charge in [0, 0.05) is 37.5 Å². The minimum atomic E-state index is 0.177. The first-order valence-electron chi connectivity index (χ1n) is 9.01. The second kappa shape index (κ2) is 7.44. The van der Waals surface area contributed by atoms with Gasteiger partial charge in [-0.15, -0.1) is 0 Å². The predicted molar refractivity (Wildman–Crippen MR) is 85.3 cm³/mol. The zero-order valence-electron chi connectivity index (χ0n) is 13.4. The van der Waals surface area contributed by atoms with Crippen LogP contribution in [0.1, 0.15) is 57.8 Å². The van der Waals surface area contributed by atoms with Gasteiger partial charge in [0.15, 0.2) is 0 Å². The number of hydrogen-bond donors (Lipinski definition) is 3. The Morgan fingerprint density at radius 1 is 0.955 bits per heavy atom. The third-order valence-electron chi connectivity index (χ3n) is 5.50. The van der Waals surface area contributed by atoms with Crippen LogP contribution in [0.3, 0.4) is 0 Å². The lowest BCUT2D eigenvalue weighted by molar-refractivity contribution is -0.127. The first kappa shape index (κ1) is 15.8. The molecule has 0 aromatic heterocycles. The molecule has 0 aromatic carbocycles. The first-order valence-corrected chi connectivity index (χ1v) is 9.01. The number of rotatable bonds is 7. The topological polar surface area (TPSA) is 70.2 Å². The van der Waals surface area contributed by atoms with E-state index in [2.05, 4.69) is 16.0 Å². The molecule has 2 unspecified atom stereocenters. The summed E-state index contributed by atoms with van der Waals surface area (Å²) in [5.41, 5.74) is 0. The second-order valence-corrected chi connectivity index (χ2v) is 7.30. The molecule has 2 bridgehead atoms. The van der Waals surface area contributed by atoms with Crippen molar-refractivity contribution in [3.8, 4) is 0 Å². The van der Waals surface area contributed by atoms with Crippen LogP contribution >= 0.6 is 0 Å². The molecular formula is C17H29N3O2. The molecule has 2 amide bonds. The highest BCUT2D eigenvalue weighted by atomic mass is 16.2. The van der Waals surface area contributed by atoms with Crippen molar-refractivity contribution >= 4 is 11.8 Å². The van der Waals surface area contributed by atoms with Gasteiger partial charge in [-0.2, -0.15) is 0 Å². The molecule has 2 aliphatic heterocycles. The molecule has 5 nitrogen and oxygen atoms in total. The van der Waals surface area contributed by atoms with E-state index in [1.165, 1.54) is 19.3 Å². The average molecular weight is 307 g/mol. The third kappa shape index (κ3) is 4.22. The van der Waals surface area contributed by atoms with Crippen molar-refractivity contribution in [3.05, 3.63) is 0 Å². The third-order valence-corrected chi connectivity index (χ3v) is 5.50. The van der Waals surface area contributed by atoms with Crippen molar-refractivity contribution < 1.29 is 9.59 Å². The minimum Gasteiger partial charge on any atom is -0.356 e. The molecule has 0 spiro atoms. The van der Waals surface area contributed by atoms with Crippen LogP contribution in [0.15, 0.2) is 0 Å². The molecule has 3 aliphatic rings. The zero-order chi connectivity index (χ0) is 15.4. The Labute approximate surface area is 133 Å². The largest absolute Gasteiger partial charge is 0.356 e. The van der Waals surface area contributed by atoms with Crippen LogP contribution in [0.4, 0.5) is 0 Å². The molecule has 124 valence electrons. The summed E-state index contributed by atoms with van der Waals surface area (Å²) in [5, 5.41) is 9.57. The Kier molecular flexibility index (Phi) is 5.34. The number of piperidine rings is 1. The SMILES string of the molecule is O=C(CC1CC2CCC(C1)N2)NCCCNC(=O)C1CCC1. The van der Waals surface area contributed by atoms with Crippen molar-refractivity contribution in [2.24, 2.45) is 11.8 Å². The van der Waals surface area contributed by atoms with Gasteiger partial charge in [-0.1, -0.05) is 6.42 Å². The molecule has 2 atom stereocenters. The van der Waals surface area contributed by atoms with E-state index in [9.17, 15) is 9.59 Å². The van der Waals surface area contributed by atoms with Gasteiger partial charge in [0.25, 0.3) is 0 Å². The molecule has 0 aromatic rings. The van der Waals surface area contributed by atoms with Crippen LogP contribution < -0.4 is 16.0 Å². The van der Waals surface area contributed by atoms with E-state index < -0.39 is 0 Å². The monoisotopic (exact) mass is 307 g/mol. The summed E-state index contributed by atoms with van der Waals surface area (Å²) in [6.07, 6.45) is 9.63. The van der Waals surface area contributed by atoms with E-state index in [1.54, 1.807) is 0 Å². The number of hydrogen-bond acceptors (Lipinski definition) is 3. The summed E-state index contributed by atoms with van der Waals surface area (Å²) < 4.78 is 0. The Balaban J connectivity index is 1.23. The molecule has 1 aliphatic carbocycles. The number of amides is 2. The van der Waals surface area contributed by atoms with E-state index in [4.69, 9.17) is 0 Å². The molecule has 1 saturated carbocycles. The van der Waals surface area contributed by atoms with Crippen LogP contribution in [0, 0.1) is 11.8 Å². The van der Waals surface area contributed by atoms with E-state index in [0.717, 1.165) is 32.1 Å². The molecule has 22 heavy (non-hydrogen) atoms. The number of carbonyl (C=O) groups is 2. The summed E-state index contributed by atoms with van der Waals surface area (Å²) >= 11 is 0. The van der Waals surface area contributed by atoms with Gasteiger partial charge in [-0.25, -0.2) is 0 Å². The molecule has 2 heterocycles. The van der Waals surface area contributed by atoms with Crippen LogP contribution in [-0.2, 0) is 9.59 Å². The summed E-state index contributed by atoms with van der Waals surface area (Å²) in [6, 6.07) is 1.30. The lowest BCUT2D eigenvalue weighted by atomic mass is 9.85. The van der Waals surface area contributed by atoms with E-state index in [0.29, 0.717) is 37.5 Å². The Morgan fingerprint density at radius 2 is 1.64 bits per heavy atom. The Morgan fingerprint density at radius 3 is 2.27 bits per heavy atom. The van der Waals surface area contributed by atoms with E-state index in [-0.39, 0.29) is 17.7 Å². The highest BCUT2D eigenvalue weighted by Crippen LogP contribution is 2.32. The number of nitrogens with one attached hydrogen (secondary N) is 3. The molecule has 3 rings (SSSR count). The van der Waals surface area contributed by atoms with Crippen LogP contribution in [0.25, 0.3) is 0 Å². The minimum absolute atomic E-state index is 0.177. The zero-order valence-corrected chi connectivity index (χ0v) is 13.4. The lowest BCUT2D eigenvalue weighted by Crippen LogP contribution is -2.40. The van der Waals surface area contributed by atoms with Gasteiger partial charge in [-0.05, 0) is 50.9 Å². The van der Waals surface area contributed by atoms with Crippen molar-refractivity contribution in [2.75, 3.05) is 13.1 Å².